The number of nitrogens with one attached hydrogen (secondary N) is 1. The molecule has 2 rings (SSSR count). The summed E-state index contributed by atoms with van der Waals surface area (Å²) in [4.78, 5) is 29.5. The molecule has 0 unspecified atom stereocenters. The minimum Gasteiger partial charge on any atom is -0.333 e. The molecule has 23 heavy (non-hydrogen) atoms. The zero-order valence-corrected chi connectivity index (χ0v) is 14.7. The van der Waals surface area contributed by atoms with Crippen molar-refractivity contribution < 1.29 is 4.79 Å². The van der Waals surface area contributed by atoms with E-state index in [9.17, 15) is 9.59 Å². The molecule has 4 nitrogen and oxygen atoms in total. The maximum absolute atomic E-state index is 12.4. The zero-order chi connectivity index (χ0) is 17.2. The first-order valence-electron chi connectivity index (χ1n) is 8.15. The third-order valence-electron chi connectivity index (χ3n) is 3.98. The van der Waals surface area contributed by atoms with E-state index in [1.165, 1.54) is 0 Å². The predicted molar refractivity (Wildman–Crippen MR) is 94.5 cm³/mol. The van der Waals surface area contributed by atoms with E-state index in [4.69, 9.17) is 0 Å². The standard InChI is InChI=1S/C19H26N2O2/c1-6-7-17(22)21(19(3,4)5)12-15-11-14-10-13(2)8-9-16(14)20-18(15)23/h8-11H,6-7,12H2,1-5H3,(H,20,23). The average Bonchev–Trinajstić information content (AvgIpc) is 2.44. The van der Waals surface area contributed by atoms with Gasteiger partial charge in [-0.15, -0.1) is 0 Å². The molecule has 1 aromatic heterocycles. The highest BCUT2D eigenvalue weighted by molar-refractivity contribution is 5.80. The molecule has 0 radical (unpaired) electrons. The normalized spacial score (nSPS) is 11.7. The van der Waals surface area contributed by atoms with Crippen molar-refractivity contribution in [3.05, 3.63) is 45.7 Å². The first kappa shape index (κ1) is 17.3. The molecule has 1 amide bonds. The molecule has 0 aliphatic heterocycles. The number of H-pyrrole nitrogens is 1. The van der Waals surface area contributed by atoms with Crippen LogP contribution >= 0.6 is 0 Å². The molecule has 1 N–H and O–H groups in total. The first-order chi connectivity index (χ1) is 10.7. The number of benzene rings is 1. The summed E-state index contributed by atoms with van der Waals surface area (Å²) in [7, 11) is 0. The van der Waals surface area contributed by atoms with Gasteiger partial charge >= 0.3 is 0 Å². The Kier molecular flexibility index (Phi) is 4.93. The van der Waals surface area contributed by atoms with E-state index in [2.05, 4.69) is 4.98 Å². The van der Waals surface area contributed by atoms with Gasteiger partial charge in [-0.1, -0.05) is 18.6 Å². The number of hydrogen-bond donors (Lipinski definition) is 1. The van der Waals surface area contributed by atoms with Crippen LogP contribution in [-0.2, 0) is 11.3 Å². The van der Waals surface area contributed by atoms with Crippen molar-refractivity contribution in [2.75, 3.05) is 0 Å². The minimum atomic E-state index is -0.319. The Labute approximate surface area is 137 Å². The highest BCUT2D eigenvalue weighted by Crippen LogP contribution is 2.20. The van der Waals surface area contributed by atoms with Gasteiger partial charge in [-0.2, -0.15) is 0 Å². The fourth-order valence-electron chi connectivity index (χ4n) is 2.71. The predicted octanol–water partition coefficient (Wildman–Crippen LogP) is 3.76. The number of aromatic amines is 1. The van der Waals surface area contributed by atoms with Crippen LogP contribution in [0.3, 0.4) is 0 Å². The summed E-state index contributed by atoms with van der Waals surface area (Å²) < 4.78 is 0. The summed E-state index contributed by atoms with van der Waals surface area (Å²) in [5, 5.41) is 0.997. The molecular formula is C19H26N2O2. The smallest absolute Gasteiger partial charge is 0.253 e. The van der Waals surface area contributed by atoms with Gasteiger partial charge in [0, 0.05) is 23.0 Å². The molecule has 2 aromatic rings. The van der Waals surface area contributed by atoms with Gasteiger partial charge in [0.25, 0.3) is 5.56 Å². The number of nitrogens with zero attached hydrogens (tertiary/aromatic N) is 1. The van der Waals surface area contributed by atoms with Crippen LogP contribution in [0.5, 0.6) is 0 Å². The maximum Gasteiger partial charge on any atom is 0.253 e. The highest BCUT2D eigenvalue weighted by atomic mass is 16.2. The van der Waals surface area contributed by atoms with Crippen LogP contribution in [0.1, 0.15) is 51.7 Å². The Morgan fingerprint density at radius 1 is 1.22 bits per heavy atom. The topological polar surface area (TPSA) is 53.2 Å². The van der Waals surface area contributed by atoms with Crippen LogP contribution < -0.4 is 5.56 Å². The van der Waals surface area contributed by atoms with E-state index in [0.717, 1.165) is 22.9 Å². The van der Waals surface area contributed by atoms with Crippen molar-refractivity contribution in [1.29, 1.82) is 0 Å². The molecule has 124 valence electrons. The third-order valence-corrected chi connectivity index (χ3v) is 3.98. The first-order valence-corrected chi connectivity index (χ1v) is 8.15. The highest BCUT2D eigenvalue weighted by Gasteiger charge is 2.26. The molecule has 4 heteroatoms. The van der Waals surface area contributed by atoms with Crippen molar-refractivity contribution >= 4 is 16.8 Å². The number of carbonyl (C=O) groups is 1. The number of amides is 1. The van der Waals surface area contributed by atoms with E-state index in [0.29, 0.717) is 18.5 Å². The Morgan fingerprint density at radius 3 is 2.52 bits per heavy atom. The molecule has 0 spiro atoms. The number of hydrogen-bond acceptors (Lipinski definition) is 2. The van der Waals surface area contributed by atoms with E-state index < -0.39 is 0 Å². The van der Waals surface area contributed by atoms with Gasteiger partial charge in [0.2, 0.25) is 5.91 Å². The van der Waals surface area contributed by atoms with Crippen LogP contribution in [0, 0.1) is 6.92 Å². The second-order valence-corrected chi connectivity index (χ2v) is 7.12. The fraction of sp³-hybridized carbons (Fsp3) is 0.474. The molecule has 1 aromatic carbocycles. The number of fused-ring (bicyclic) bond motifs is 1. The van der Waals surface area contributed by atoms with E-state index >= 15 is 0 Å². The Balaban J connectivity index is 2.43. The summed E-state index contributed by atoms with van der Waals surface area (Å²) >= 11 is 0. The lowest BCUT2D eigenvalue weighted by molar-refractivity contribution is -0.136. The quantitative estimate of drug-likeness (QED) is 0.934. The Morgan fingerprint density at radius 2 is 1.91 bits per heavy atom. The maximum atomic E-state index is 12.4. The molecule has 0 saturated carbocycles. The summed E-state index contributed by atoms with van der Waals surface area (Å²) in [6.45, 7) is 10.3. The van der Waals surface area contributed by atoms with Gasteiger partial charge in [0.05, 0.1) is 6.54 Å². The average molecular weight is 314 g/mol. The van der Waals surface area contributed by atoms with E-state index in [1.807, 2.05) is 58.9 Å². The van der Waals surface area contributed by atoms with E-state index in [-0.39, 0.29) is 17.0 Å². The number of aromatic nitrogens is 1. The van der Waals surface area contributed by atoms with Crippen molar-refractivity contribution in [2.24, 2.45) is 0 Å². The molecular weight excluding hydrogens is 288 g/mol. The number of carbonyl (C=O) groups excluding carboxylic acids is 1. The van der Waals surface area contributed by atoms with E-state index in [1.54, 1.807) is 4.90 Å². The van der Waals surface area contributed by atoms with Gasteiger partial charge in [0.15, 0.2) is 0 Å². The lowest BCUT2D eigenvalue weighted by atomic mass is 10.0. The largest absolute Gasteiger partial charge is 0.333 e. The van der Waals surface area contributed by atoms with Crippen molar-refractivity contribution in [1.82, 2.24) is 9.88 Å². The molecule has 0 saturated heterocycles. The van der Waals surface area contributed by atoms with Crippen LogP contribution in [0.4, 0.5) is 0 Å². The molecule has 0 aliphatic carbocycles. The SMILES string of the molecule is CCCC(=O)N(Cc1cc2cc(C)ccc2[nH]c1=O)C(C)(C)C. The Hall–Kier alpha value is -2.10. The van der Waals surface area contributed by atoms with Gasteiger partial charge in [-0.3, -0.25) is 9.59 Å². The lowest BCUT2D eigenvalue weighted by Crippen LogP contribution is -2.45. The summed E-state index contributed by atoms with van der Waals surface area (Å²) in [5.41, 5.74) is 2.15. The van der Waals surface area contributed by atoms with Gasteiger partial charge in [0.1, 0.15) is 0 Å². The molecule has 0 atom stereocenters. The molecule has 0 bridgehead atoms. The van der Waals surface area contributed by atoms with Crippen molar-refractivity contribution in [3.63, 3.8) is 0 Å². The molecule has 1 heterocycles. The van der Waals surface area contributed by atoms with Crippen LogP contribution in [-0.4, -0.2) is 21.3 Å². The second kappa shape index (κ2) is 6.57. The van der Waals surface area contributed by atoms with Gasteiger partial charge in [-0.05, 0) is 57.7 Å². The molecule has 0 aliphatic rings. The molecule has 0 fully saturated rings. The minimum absolute atomic E-state index is 0.0868. The summed E-state index contributed by atoms with van der Waals surface area (Å²) in [5.74, 6) is 0.0868. The monoisotopic (exact) mass is 314 g/mol. The lowest BCUT2D eigenvalue weighted by Gasteiger charge is -2.35. The number of pyridine rings is 1. The van der Waals surface area contributed by atoms with Crippen molar-refractivity contribution in [3.8, 4) is 0 Å². The van der Waals surface area contributed by atoms with Gasteiger partial charge < -0.3 is 9.88 Å². The number of rotatable bonds is 4. The fourth-order valence-corrected chi connectivity index (χ4v) is 2.71. The van der Waals surface area contributed by atoms with Crippen LogP contribution in [0.15, 0.2) is 29.1 Å². The summed E-state index contributed by atoms with van der Waals surface area (Å²) in [6.07, 6.45) is 1.31. The third kappa shape index (κ3) is 4.01. The Bertz CT molecular complexity index is 769. The van der Waals surface area contributed by atoms with Crippen LogP contribution in [0.25, 0.3) is 10.9 Å². The zero-order valence-electron chi connectivity index (χ0n) is 14.7. The summed E-state index contributed by atoms with van der Waals surface area (Å²) in [6, 6.07) is 7.84. The van der Waals surface area contributed by atoms with Gasteiger partial charge in [-0.25, -0.2) is 0 Å². The van der Waals surface area contributed by atoms with Crippen molar-refractivity contribution in [2.45, 2.75) is 59.5 Å². The van der Waals surface area contributed by atoms with Crippen LogP contribution in [0.2, 0.25) is 0 Å². The second-order valence-electron chi connectivity index (χ2n) is 7.12. The number of aryl methyl sites for hydroxylation is 1.